The number of ether oxygens (including phenoxy) is 1. The van der Waals surface area contributed by atoms with E-state index in [4.69, 9.17) is 4.74 Å². The molecule has 0 bridgehead atoms. The fourth-order valence-corrected chi connectivity index (χ4v) is 4.52. The van der Waals surface area contributed by atoms with Crippen LogP contribution in [-0.2, 0) is 11.3 Å². The first-order chi connectivity index (χ1) is 15.1. The van der Waals surface area contributed by atoms with Crippen LogP contribution in [0.1, 0.15) is 34.6 Å². The average molecular weight is 431 g/mol. The molecule has 0 fully saturated rings. The van der Waals surface area contributed by atoms with E-state index < -0.39 is 0 Å². The fraction of sp³-hybridized carbons (Fsp3) is 0.160. The number of hydrogen-bond acceptors (Lipinski definition) is 4. The SMILES string of the molecule is CCOC(=O)c1ccc2c(c1)sc(=NC(=O)c1ccc(-c3ccccc3)cc1)n2CC. The fourth-order valence-electron chi connectivity index (χ4n) is 3.39. The van der Waals surface area contributed by atoms with Crippen LogP contribution in [0.25, 0.3) is 21.3 Å². The number of carbonyl (C=O) groups is 2. The maximum atomic E-state index is 12.8. The van der Waals surface area contributed by atoms with Gasteiger partial charge in [-0.15, -0.1) is 0 Å². The number of benzene rings is 3. The highest BCUT2D eigenvalue weighted by Gasteiger charge is 2.12. The van der Waals surface area contributed by atoms with Crippen LogP contribution in [-0.4, -0.2) is 23.1 Å². The zero-order valence-corrected chi connectivity index (χ0v) is 18.2. The predicted molar refractivity (Wildman–Crippen MR) is 123 cm³/mol. The normalized spacial score (nSPS) is 11.6. The Morgan fingerprint density at radius 1 is 0.903 bits per heavy atom. The van der Waals surface area contributed by atoms with Crippen LogP contribution < -0.4 is 4.80 Å². The van der Waals surface area contributed by atoms with Gasteiger partial charge in [0.1, 0.15) is 0 Å². The Hall–Kier alpha value is -3.51. The van der Waals surface area contributed by atoms with Gasteiger partial charge in [0.2, 0.25) is 0 Å². The second-order valence-electron chi connectivity index (χ2n) is 6.89. The smallest absolute Gasteiger partial charge is 0.338 e. The first-order valence-electron chi connectivity index (χ1n) is 10.2. The molecule has 0 spiro atoms. The molecule has 0 aliphatic rings. The third kappa shape index (κ3) is 4.34. The number of aryl methyl sites for hydroxylation is 1. The zero-order chi connectivity index (χ0) is 21.8. The highest BCUT2D eigenvalue weighted by Crippen LogP contribution is 2.21. The van der Waals surface area contributed by atoms with Gasteiger partial charge < -0.3 is 9.30 Å². The van der Waals surface area contributed by atoms with Crippen molar-refractivity contribution in [2.75, 3.05) is 6.61 Å². The molecule has 3 aromatic carbocycles. The van der Waals surface area contributed by atoms with Crippen molar-refractivity contribution in [1.82, 2.24) is 4.57 Å². The van der Waals surface area contributed by atoms with Crippen LogP contribution in [0.4, 0.5) is 0 Å². The summed E-state index contributed by atoms with van der Waals surface area (Å²) in [4.78, 5) is 29.8. The summed E-state index contributed by atoms with van der Waals surface area (Å²) >= 11 is 1.39. The molecule has 0 radical (unpaired) electrons. The number of hydrogen-bond donors (Lipinski definition) is 0. The van der Waals surface area contributed by atoms with Gasteiger partial charge in [0.15, 0.2) is 4.80 Å². The third-order valence-electron chi connectivity index (χ3n) is 4.95. The van der Waals surface area contributed by atoms with Crippen molar-refractivity contribution < 1.29 is 14.3 Å². The summed E-state index contributed by atoms with van der Waals surface area (Å²) in [5.41, 5.74) is 4.12. The molecule has 6 heteroatoms. The van der Waals surface area contributed by atoms with Gasteiger partial charge in [-0.05, 0) is 55.3 Å². The Morgan fingerprint density at radius 3 is 2.26 bits per heavy atom. The summed E-state index contributed by atoms with van der Waals surface area (Å²) in [5.74, 6) is -0.645. The number of aromatic nitrogens is 1. The quantitative estimate of drug-likeness (QED) is 0.403. The summed E-state index contributed by atoms with van der Waals surface area (Å²) < 4.78 is 7.95. The number of fused-ring (bicyclic) bond motifs is 1. The molecule has 0 unspecified atom stereocenters. The Bertz CT molecular complexity index is 1300. The van der Waals surface area contributed by atoms with Crippen molar-refractivity contribution in [3.05, 3.63) is 88.7 Å². The predicted octanol–water partition coefficient (Wildman–Crippen LogP) is 5.31. The Morgan fingerprint density at radius 2 is 1.58 bits per heavy atom. The highest BCUT2D eigenvalue weighted by molar-refractivity contribution is 7.16. The summed E-state index contributed by atoms with van der Waals surface area (Å²) in [6.45, 7) is 4.78. The molecule has 0 saturated heterocycles. The van der Waals surface area contributed by atoms with Crippen LogP contribution >= 0.6 is 11.3 Å². The monoisotopic (exact) mass is 430 g/mol. The minimum absolute atomic E-state index is 0.293. The number of thiazole rings is 1. The van der Waals surface area contributed by atoms with Crippen molar-refractivity contribution in [3.8, 4) is 11.1 Å². The number of esters is 1. The lowest BCUT2D eigenvalue weighted by atomic mass is 10.0. The van der Waals surface area contributed by atoms with E-state index in [0.29, 0.717) is 29.1 Å². The van der Waals surface area contributed by atoms with E-state index in [1.807, 2.05) is 60.0 Å². The minimum atomic E-state index is -0.353. The minimum Gasteiger partial charge on any atom is -0.462 e. The maximum Gasteiger partial charge on any atom is 0.338 e. The Balaban J connectivity index is 1.67. The topological polar surface area (TPSA) is 60.7 Å². The van der Waals surface area contributed by atoms with Crippen LogP contribution in [0.2, 0.25) is 0 Å². The summed E-state index contributed by atoms with van der Waals surface area (Å²) in [6.07, 6.45) is 0. The van der Waals surface area contributed by atoms with Gasteiger partial charge >= 0.3 is 5.97 Å². The van der Waals surface area contributed by atoms with Gasteiger partial charge in [0, 0.05) is 12.1 Å². The molecular weight excluding hydrogens is 408 g/mol. The lowest BCUT2D eigenvalue weighted by Gasteiger charge is -2.03. The second-order valence-corrected chi connectivity index (χ2v) is 7.90. The standard InChI is InChI=1S/C25H22N2O3S/c1-3-27-21-15-14-20(24(29)30-4-2)16-22(21)31-25(27)26-23(28)19-12-10-18(11-13-19)17-8-6-5-7-9-17/h5-16H,3-4H2,1-2H3. The number of carbonyl (C=O) groups excluding carboxylic acids is 2. The largest absolute Gasteiger partial charge is 0.462 e. The van der Waals surface area contributed by atoms with Crippen LogP contribution in [0.15, 0.2) is 77.8 Å². The number of amides is 1. The molecule has 4 aromatic rings. The summed E-state index contributed by atoms with van der Waals surface area (Å²) in [5, 5.41) is 0. The molecule has 0 saturated carbocycles. The lowest BCUT2D eigenvalue weighted by Crippen LogP contribution is -2.15. The average Bonchev–Trinajstić information content (AvgIpc) is 3.16. The van der Waals surface area contributed by atoms with Crippen molar-refractivity contribution in [1.29, 1.82) is 0 Å². The molecule has 0 N–H and O–H groups in total. The van der Waals surface area contributed by atoms with Gasteiger partial charge in [0.05, 0.1) is 22.4 Å². The Labute approximate surface area is 184 Å². The molecular formula is C25H22N2O3S. The molecule has 31 heavy (non-hydrogen) atoms. The van der Waals surface area contributed by atoms with Gasteiger partial charge in [-0.2, -0.15) is 4.99 Å². The van der Waals surface area contributed by atoms with E-state index in [0.717, 1.165) is 21.3 Å². The third-order valence-corrected chi connectivity index (χ3v) is 5.99. The number of rotatable bonds is 5. The molecule has 0 aliphatic heterocycles. The first-order valence-corrected chi connectivity index (χ1v) is 11.0. The lowest BCUT2D eigenvalue weighted by molar-refractivity contribution is 0.0526. The van der Waals surface area contributed by atoms with Crippen molar-refractivity contribution >= 4 is 33.4 Å². The molecule has 1 amide bonds. The maximum absolute atomic E-state index is 12.8. The van der Waals surface area contributed by atoms with Gasteiger partial charge in [-0.1, -0.05) is 53.8 Å². The molecule has 0 atom stereocenters. The van der Waals surface area contributed by atoms with E-state index in [-0.39, 0.29) is 11.9 Å². The highest BCUT2D eigenvalue weighted by atomic mass is 32.1. The van der Waals surface area contributed by atoms with E-state index in [9.17, 15) is 9.59 Å². The molecule has 1 heterocycles. The second kappa shape index (κ2) is 9.10. The van der Waals surface area contributed by atoms with E-state index in [2.05, 4.69) is 4.99 Å². The molecule has 1 aromatic heterocycles. The van der Waals surface area contributed by atoms with E-state index in [1.165, 1.54) is 11.3 Å². The molecule has 4 rings (SSSR count). The van der Waals surface area contributed by atoms with Crippen LogP contribution in [0.5, 0.6) is 0 Å². The van der Waals surface area contributed by atoms with Crippen LogP contribution in [0, 0.1) is 0 Å². The van der Waals surface area contributed by atoms with Crippen LogP contribution in [0.3, 0.4) is 0 Å². The van der Waals surface area contributed by atoms with Crippen molar-refractivity contribution in [2.24, 2.45) is 4.99 Å². The zero-order valence-electron chi connectivity index (χ0n) is 17.4. The molecule has 0 aliphatic carbocycles. The van der Waals surface area contributed by atoms with E-state index in [1.54, 1.807) is 31.2 Å². The Kier molecular flexibility index (Phi) is 6.09. The van der Waals surface area contributed by atoms with Crippen molar-refractivity contribution in [2.45, 2.75) is 20.4 Å². The van der Waals surface area contributed by atoms with Crippen molar-refractivity contribution in [3.63, 3.8) is 0 Å². The molecule has 5 nitrogen and oxygen atoms in total. The van der Waals surface area contributed by atoms with Gasteiger partial charge in [0.25, 0.3) is 5.91 Å². The number of nitrogens with zero attached hydrogens (tertiary/aromatic N) is 2. The van der Waals surface area contributed by atoms with E-state index >= 15 is 0 Å². The summed E-state index contributed by atoms with van der Waals surface area (Å²) in [6, 6.07) is 22.9. The van der Waals surface area contributed by atoms with Gasteiger partial charge in [-0.25, -0.2) is 4.79 Å². The molecule has 156 valence electrons. The first kappa shape index (κ1) is 20.8. The van der Waals surface area contributed by atoms with Gasteiger partial charge in [-0.3, -0.25) is 4.79 Å². The summed E-state index contributed by atoms with van der Waals surface area (Å²) in [7, 11) is 0.